The lowest BCUT2D eigenvalue weighted by molar-refractivity contribution is 0.112. The molecule has 0 aliphatic carbocycles. The third-order valence-electron chi connectivity index (χ3n) is 3.42. The zero-order valence-corrected chi connectivity index (χ0v) is 12.3. The Hall–Kier alpha value is -0.450. The van der Waals surface area contributed by atoms with Crippen molar-refractivity contribution in [3.63, 3.8) is 0 Å². The van der Waals surface area contributed by atoms with Crippen molar-refractivity contribution in [1.29, 1.82) is 0 Å². The molecule has 0 atom stereocenters. The Morgan fingerprint density at radius 3 is 2.89 bits per heavy atom. The number of ether oxygens (including phenoxy) is 1. The molecule has 0 spiro atoms. The van der Waals surface area contributed by atoms with Crippen LogP contribution in [0.4, 0.5) is 0 Å². The molecule has 0 amide bonds. The Morgan fingerprint density at radius 1 is 1.33 bits per heavy atom. The molecule has 4 heteroatoms. The fourth-order valence-corrected chi connectivity index (χ4v) is 2.56. The number of halogens is 1. The number of hydrogen-bond donors (Lipinski definition) is 1. The number of piperidine rings is 1. The standard InChI is InChI=1S/C14H21BrN2O/c15-14-4-3-13(10-17-14)11-18-9-1-2-12-5-7-16-8-6-12/h3-4,10,12,16H,1-2,5-9,11H2. The molecule has 1 aliphatic heterocycles. The van der Waals surface area contributed by atoms with Crippen LogP contribution in [0.25, 0.3) is 0 Å². The van der Waals surface area contributed by atoms with Gasteiger partial charge in [0.15, 0.2) is 0 Å². The van der Waals surface area contributed by atoms with Gasteiger partial charge in [0.1, 0.15) is 4.60 Å². The molecule has 0 unspecified atom stereocenters. The lowest BCUT2D eigenvalue weighted by Crippen LogP contribution is -2.27. The van der Waals surface area contributed by atoms with Gasteiger partial charge in [0.2, 0.25) is 0 Å². The van der Waals surface area contributed by atoms with Gasteiger partial charge in [0.05, 0.1) is 6.61 Å². The number of pyridine rings is 1. The molecule has 2 rings (SSSR count). The van der Waals surface area contributed by atoms with Crippen LogP contribution < -0.4 is 5.32 Å². The summed E-state index contributed by atoms with van der Waals surface area (Å²) >= 11 is 3.33. The van der Waals surface area contributed by atoms with Crippen LogP contribution in [0.3, 0.4) is 0 Å². The first-order chi connectivity index (χ1) is 8.84. The van der Waals surface area contributed by atoms with E-state index in [1.54, 1.807) is 0 Å². The Balaban J connectivity index is 1.54. The Morgan fingerprint density at radius 2 is 2.17 bits per heavy atom. The average molecular weight is 313 g/mol. The fraction of sp³-hybridized carbons (Fsp3) is 0.643. The van der Waals surface area contributed by atoms with Crippen LogP contribution >= 0.6 is 15.9 Å². The van der Waals surface area contributed by atoms with Crippen molar-refractivity contribution in [2.24, 2.45) is 5.92 Å². The Bertz CT molecular complexity index is 336. The highest BCUT2D eigenvalue weighted by molar-refractivity contribution is 9.10. The molecule has 1 aromatic rings. The molecule has 0 saturated carbocycles. The van der Waals surface area contributed by atoms with E-state index < -0.39 is 0 Å². The zero-order valence-electron chi connectivity index (χ0n) is 10.7. The smallest absolute Gasteiger partial charge is 0.106 e. The van der Waals surface area contributed by atoms with Crippen molar-refractivity contribution >= 4 is 15.9 Å². The number of nitrogens with one attached hydrogen (secondary N) is 1. The minimum atomic E-state index is 0.673. The second-order valence-electron chi connectivity index (χ2n) is 4.88. The third kappa shape index (κ3) is 5.04. The van der Waals surface area contributed by atoms with Gasteiger partial charge in [-0.2, -0.15) is 0 Å². The van der Waals surface area contributed by atoms with Gasteiger partial charge in [-0.15, -0.1) is 0 Å². The van der Waals surface area contributed by atoms with E-state index in [2.05, 4.69) is 26.2 Å². The molecule has 1 saturated heterocycles. The molecule has 1 N–H and O–H groups in total. The Labute approximate surface area is 117 Å². The molecule has 0 bridgehead atoms. The first-order valence-corrected chi connectivity index (χ1v) is 7.53. The molecule has 100 valence electrons. The largest absolute Gasteiger partial charge is 0.377 e. The highest BCUT2D eigenvalue weighted by Gasteiger charge is 2.11. The molecule has 1 aliphatic rings. The maximum absolute atomic E-state index is 5.68. The Kier molecular flexibility index (Phi) is 6.11. The summed E-state index contributed by atoms with van der Waals surface area (Å²) in [5.74, 6) is 0.907. The van der Waals surface area contributed by atoms with Gasteiger partial charge in [-0.05, 0) is 72.3 Å². The minimum Gasteiger partial charge on any atom is -0.377 e. The van der Waals surface area contributed by atoms with Crippen molar-refractivity contribution < 1.29 is 4.74 Å². The van der Waals surface area contributed by atoms with Crippen LogP contribution in [0, 0.1) is 5.92 Å². The van der Waals surface area contributed by atoms with E-state index in [1.807, 2.05) is 18.3 Å². The molecule has 1 fully saturated rings. The van der Waals surface area contributed by atoms with Crippen LogP contribution in [0.5, 0.6) is 0 Å². The highest BCUT2D eigenvalue weighted by atomic mass is 79.9. The fourth-order valence-electron chi connectivity index (χ4n) is 2.33. The van der Waals surface area contributed by atoms with Gasteiger partial charge >= 0.3 is 0 Å². The maximum atomic E-state index is 5.68. The van der Waals surface area contributed by atoms with E-state index >= 15 is 0 Å². The molecule has 2 heterocycles. The van der Waals surface area contributed by atoms with Gasteiger partial charge in [-0.1, -0.05) is 6.07 Å². The van der Waals surface area contributed by atoms with Gasteiger partial charge < -0.3 is 10.1 Å². The van der Waals surface area contributed by atoms with Crippen LogP contribution in [-0.4, -0.2) is 24.7 Å². The predicted octanol–water partition coefficient (Wildman–Crippen LogP) is 3.14. The van der Waals surface area contributed by atoms with E-state index in [0.29, 0.717) is 6.61 Å². The minimum absolute atomic E-state index is 0.673. The van der Waals surface area contributed by atoms with Crippen LogP contribution in [0.2, 0.25) is 0 Å². The van der Waals surface area contributed by atoms with Crippen LogP contribution in [0.15, 0.2) is 22.9 Å². The first-order valence-electron chi connectivity index (χ1n) is 6.73. The summed E-state index contributed by atoms with van der Waals surface area (Å²) in [5.41, 5.74) is 1.14. The summed E-state index contributed by atoms with van der Waals surface area (Å²) in [4.78, 5) is 4.18. The SMILES string of the molecule is Brc1ccc(COCCCC2CCNCC2)cn1. The quantitative estimate of drug-likeness (QED) is 0.647. The van der Waals surface area contributed by atoms with E-state index in [4.69, 9.17) is 4.74 Å². The third-order valence-corrected chi connectivity index (χ3v) is 3.89. The lowest BCUT2D eigenvalue weighted by Gasteiger charge is -2.22. The molecule has 1 aromatic heterocycles. The second-order valence-corrected chi connectivity index (χ2v) is 5.69. The maximum Gasteiger partial charge on any atom is 0.106 e. The normalized spacial score (nSPS) is 16.9. The first kappa shape index (κ1) is 14.0. The summed E-state index contributed by atoms with van der Waals surface area (Å²) in [6.07, 6.45) is 7.00. The molecule has 18 heavy (non-hydrogen) atoms. The van der Waals surface area contributed by atoms with Crippen LogP contribution in [0.1, 0.15) is 31.2 Å². The lowest BCUT2D eigenvalue weighted by atomic mass is 9.93. The number of hydrogen-bond acceptors (Lipinski definition) is 3. The van der Waals surface area contributed by atoms with Crippen LogP contribution in [-0.2, 0) is 11.3 Å². The predicted molar refractivity (Wildman–Crippen MR) is 76.4 cm³/mol. The number of rotatable bonds is 6. The van der Waals surface area contributed by atoms with Gasteiger partial charge in [0, 0.05) is 12.8 Å². The van der Waals surface area contributed by atoms with E-state index in [-0.39, 0.29) is 0 Å². The summed E-state index contributed by atoms with van der Waals surface area (Å²) < 4.78 is 6.55. The molecule has 0 aromatic carbocycles. The topological polar surface area (TPSA) is 34.1 Å². The van der Waals surface area contributed by atoms with E-state index in [9.17, 15) is 0 Å². The van der Waals surface area contributed by atoms with Crippen molar-refractivity contribution in [2.45, 2.75) is 32.3 Å². The van der Waals surface area contributed by atoms with Crippen molar-refractivity contribution in [3.05, 3.63) is 28.5 Å². The van der Waals surface area contributed by atoms with Crippen molar-refractivity contribution in [3.8, 4) is 0 Å². The molecular formula is C14H21BrN2O. The summed E-state index contributed by atoms with van der Waals surface area (Å²) in [7, 11) is 0. The number of aromatic nitrogens is 1. The summed E-state index contributed by atoms with van der Waals surface area (Å²) in [6, 6.07) is 4.00. The highest BCUT2D eigenvalue weighted by Crippen LogP contribution is 2.17. The second kappa shape index (κ2) is 7.87. The van der Waals surface area contributed by atoms with Crippen molar-refractivity contribution in [1.82, 2.24) is 10.3 Å². The van der Waals surface area contributed by atoms with Gasteiger partial charge in [0.25, 0.3) is 0 Å². The number of nitrogens with zero attached hydrogens (tertiary/aromatic N) is 1. The monoisotopic (exact) mass is 312 g/mol. The van der Waals surface area contributed by atoms with E-state index in [1.165, 1.54) is 38.8 Å². The van der Waals surface area contributed by atoms with Crippen molar-refractivity contribution in [2.75, 3.05) is 19.7 Å². The van der Waals surface area contributed by atoms with Gasteiger partial charge in [-0.3, -0.25) is 0 Å². The molecule has 0 radical (unpaired) electrons. The molecular weight excluding hydrogens is 292 g/mol. The summed E-state index contributed by atoms with van der Waals surface area (Å²) in [5, 5.41) is 3.40. The average Bonchev–Trinajstić information content (AvgIpc) is 2.42. The van der Waals surface area contributed by atoms with Gasteiger partial charge in [-0.25, -0.2) is 4.98 Å². The summed E-state index contributed by atoms with van der Waals surface area (Å²) in [6.45, 7) is 3.92. The van der Waals surface area contributed by atoms with E-state index in [0.717, 1.165) is 22.7 Å². The zero-order chi connectivity index (χ0) is 12.6. The molecule has 3 nitrogen and oxygen atoms in total.